The number of hydrogen-bond acceptors (Lipinski definition) is 3. The van der Waals surface area contributed by atoms with Gasteiger partial charge in [-0.3, -0.25) is 4.90 Å². The van der Waals surface area contributed by atoms with Crippen molar-refractivity contribution >= 4 is 21.9 Å². The molecular weight excluding hydrogens is 362 g/mol. The molecule has 2 amide bonds. The lowest BCUT2D eigenvalue weighted by Crippen LogP contribution is -2.46. The monoisotopic (exact) mass is 389 g/mol. The van der Waals surface area contributed by atoms with E-state index in [4.69, 9.17) is 0 Å². The molecule has 3 aliphatic rings. The van der Waals surface area contributed by atoms with Gasteiger partial charge in [0.15, 0.2) is 5.84 Å². The van der Waals surface area contributed by atoms with Crippen molar-refractivity contribution in [1.82, 2.24) is 10.2 Å². The van der Waals surface area contributed by atoms with Crippen molar-refractivity contribution in [3.8, 4) is 0 Å². The number of nitrogens with zero attached hydrogens (tertiary/aromatic N) is 2. The SMILES string of the molecule is Cc1ccc(S(=O)(=O)/N=C2/N(C3CCCCC3)C(=O)NC23CCCC3)cc1. The zero-order valence-electron chi connectivity index (χ0n) is 15.8. The minimum atomic E-state index is -3.86. The summed E-state index contributed by atoms with van der Waals surface area (Å²) >= 11 is 0. The third kappa shape index (κ3) is 3.37. The second-order valence-corrected chi connectivity index (χ2v) is 9.69. The molecule has 1 N–H and O–H groups in total. The van der Waals surface area contributed by atoms with Crippen LogP contribution >= 0.6 is 0 Å². The smallest absolute Gasteiger partial charge is 0.323 e. The van der Waals surface area contributed by atoms with Crippen molar-refractivity contribution in [3.05, 3.63) is 29.8 Å². The maximum absolute atomic E-state index is 13.0. The van der Waals surface area contributed by atoms with Gasteiger partial charge in [0.25, 0.3) is 10.0 Å². The molecule has 2 aliphatic carbocycles. The first kappa shape index (κ1) is 18.5. The summed E-state index contributed by atoms with van der Waals surface area (Å²) in [5.74, 6) is 0.428. The Morgan fingerprint density at radius 2 is 1.67 bits per heavy atom. The molecule has 0 unspecified atom stereocenters. The highest BCUT2D eigenvalue weighted by atomic mass is 32.2. The molecule has 0 atom stereocenters. The van der Waals surface area contributed by atoms with E-state index in [1.807, 2.05) is 6.92 Å². The number of amides is 2. The summed E-state index contributed by atoms with van der Waals surface area (Å²) in [6.45, 7) is 1.92. The second-order valence-electron chi connectivity index (χ2n) is 8.08. The molecule has 0 bridgehead atoms. The molecule has 0 aromatic heterocycles. The van der Waals surface area contributed by atoms with E-state index in [1.54, 1.807) is 29.2 Å². The normalized spacial score (nSPS) is 24.7. The van der Waals surface area contributed by atoms with Gasteiger partial charge in [0.05, 0.1) is 4.90 Å². The highest BCUT2D eigenvalue weighted by Crippen LogP contribution is 2.39. The van der Waals surface area contributed by atoms with E-state index in [1.165, 1.54) is 6.42 Å². The van der Waals surface area contributed by atoms with E-state index in [-0.39, 0.29) is 17.0 Å². The van der Waals surface area contributed by atoms with Gasteiger partial charge >= 0.3 is 6.03 Å². The van der Waals surface area contributed by atoms with Crippen molar-refractivity contribution in [2.24, 2.45) is 4.40 Å². The van der Waals surface area contributed by atoms with E-state index in [2.05, 4.69) is 9.71 Å². The van der Waals surface area contributed by atoms with Gasteiger partial charge in [-0.05, 0) is 44.7 Å². The lowest BCUT2D eigenvalue weighted by atomic mass is 9.92. The summed E-state index contributed by atoms with van der Waals surface area (Å²) in [6, 6.07) is 6.59. The van der Waals surface area contributed by atoms with Gasteiger partial charge in [-0.25, -0.2) is 4.79 Å². The van der Waals surface area contributed by atoms with Gasteiger partial charge in [-0.2, -0.15) is 8.42 Å². The highest BCUT2D eigenvalue weighted by Gasteiger charge is 2.53. The maximum Gasteiger partial charge on any atom is 0.323 e. The summed E-state index contributed by atoms with van der Waals surface area (Å²) in [5, 5.41) is 3.10. The number of nitrogens with one attached hydrogen (secondary N) is 1. The number of rotatable bonds is 3. The van der Waals surface area contributed by atoms with E-state index in [9.17, 15) is 13.2 Å². The third-order valence-electron chi connectivity index (χ3n) is 6.14. The Hall–Kier alpha value is -1.89. The number of amidine groups is 1. The van der Waals surface area contributed by atoms with Gasteiger partial charge in [-0.1, -0.05) is 49.8 Å². The Morgan fingerprint density at radius 1 is 1.04 bits per heavy atom. The minimum absolute atomic E-state index is 0.0469. The van der Waals surface area contributed by atoms with Gasteiger partial charge in [-0.15, -0.1) is 4.40 Å². The Morgan fingerprint density at radius 3 is 2.30 bits per heavy atom. The molecule has 3 fully saturated rings. The largest absolute Gasteiger partial charge is 0.325 e. The molecule has 1 heterocycles. The molecule has 1 saturated heterocycles. The first-order chi connectivity index (χ1) is 12.9. The maximum atomic E-state index is 13.0. The number of sulfonamides is 1. The zero-order chi connectivity index (χ0) is 19.1. The van der Waals surface area contributed by atoms with Crippen LogP contribution in [0.3, 0.4) is 0 Å². The van der Waals surface area contributed by atoms with E-state index in [0.29, 0.717) is 5.84 Å². The topological polar surface area (TPSA) is 78.8 Å². The molecule has 2 saturated carbocycles. The standard InChI is InChI=1S/C20H27N3O3S/c1-15-9-11-17(12-10-15)27(25,26)22-18-20(13-5-6-14-20)21-19(24)23(18)16-7-3-2-4-8-16/h9-12,16H,2-8,13-14H2,1H3,(H,21,24)/b22-18+. The highest BCUT2D eigenvalue weighted by molar-refractivity contribution is 7.90. The van der Waals surface area contributed by atoms with Crippen LogP contribution < -0.4 is 5.32 Å². The fraction of sp³-hybridized carbons (Fsp3) is 0.600. The van der Waals surface area contributed by atoms with Crippen LogP contribution in [0.5, 0.6) is 0 Å². The van der Waals surface area contributed by atoms with Gasteiger partial charge in [0, 0.05) is 6.04 Å². The van der Waals surface area contributed by atoms with Crippen molar-refractivity contribution in [2.75, 3.05) is 0 Å². The van der Waals surface area contributed by atoms with Crippen molar-refractivity contribution in [2.45, 2.75) is 81.2 Å². The fourth-order valence-electron chi connectivity index (χ4n) is 4.66. The summed E-state index contributed by atoms with van der Waals surface area (Å²) in [5.41, 5.74) is 0.377. The lowest BCUT2D eigenvalue weighted by molar-refractivity contribution is 0.204. The second kappa shape index (κ2) is 6.93. The summed E-state index contributed by atoms with van der Waals surface area (Å²) in [7, 11) is -3.86. The van der Waals surface area contributed by atoms with Crippen molar-refractivity contribution in [1.29, 1.82) is 0 Å². The average Bonchev–Trinajstić information content (AvgIpc) is 3.21. The van der Waals surface area contributed by atoms with Crippen LogP contribution in [0, 0.1) is 6.92 Å². The van der Waals surface area contributed by atoms with Gasteiger partial charge < -0.3 is 5.32 Å². The third-order valence-corrected chi connectivity index (χ3v) is 7.42. The predicted molar refractivity (Wildman–Crippen MR) is 104 cm³/mol. The Balaban J connectivity index is 1.77. The van der Waals surface area contributed by atoms with Crippen LogP contribution in [0.25, 0.3) is 0 Å². The molecule has 4 rings (SSSR count). The lowest BCUT2D eigenvalue weighted by Gasteiger charge is -2.32. The van der Waals surface area contributed by atoms with Gasteiger partial charge in [0.1, 0.15) is 5.54 Å². The summed E-state index contributed by atoms with van der Waals surface area (Å²) < 4.78 is 30.3. The summed E-state index contributed by atoms with van der Waals surface area (Å²) in [4.78, 5) is 14.7. The number of carbonyl (C=O) groups excluding carboxylic acids is 1. The first-order valence-corrected chi connectivity index (χ1v) is 11.4. The van der Waals surface area contributed by atoms with Crippen molar-refractivity contribution < 1.29 is 13.2 Å². The number of benzene rings is 1. The summed E-state index contributed by atoms with van der Waals surface area (Å²) in [6.07, 6.45) is 8.59. The quantitative estimate of drug-likeness (QED) is 0.855. The molecule has 1 aliphatic heterocycles. The Kier molecular flexibility index (Phi) is 4.74. The molecule has 1 aromatic carbocycles. The predicted octanol–water partition coefficient (Wildman–Crippen LogP) is 3.75. The van der Waals surface area contributed by atoms with E-state index >= 15 is 0 Å². The molecular formula is C20H27N3O3S. The molecule has 6 nitrogen and oxygen atoms in total. The van der Waals surface area contributed by atoms with Crippen LogP contribution in [-0.2, 0) is 10.0 Å². The zero-order valence-corrected chi connectivity index (χ0v) is 16.6. The number of aryl methyl sites for hydroxylation is 1. The van der Waals surface area contributed by atoms with Crippen LogP contribution in [0.4, 0.5) is 4.79 Å². The van der Waals surface area contributed by atoms with E-state index in [0.717, 1.165) is 56.9 Å². The molecule has 7 heteroatoms. The Bertz CT molecular complexity index is 849. The van der Waals surface area contributed by atoms with Crippen molar-refractivity contribution in [3.63, 3.8) is 0 Å². The van der Waals surface area contributed by atoms with Crippen LogP contribution in [-0.4, -0.2) is 36.8 Å². The fourth-order valence-corrected chi connectivity index (χ4v) is 5.74. The number of hydrogen-bond donors (Lipinski definition) is 1. The molecule has 1 spiro atoms. The average molecular weight is 390 g/mol. The van der Waals surface area contributed by atoms with Crippen LogP contribution in [0.2, 0.25) is 0 Å². The molecule has 27 heavy (non-hydrogen) atoms. The van der Waals surface area contributed by atoms with Gasteiger partial charge in [0.2, 0.25) is 0 Å². The molecule has 146 valence electrons. The molecule has 0 radical (unpaired) electrons. The first-order valence-electron chi connectivity index (χ1n) is 9.95. The van der Waals surface area contributed by atoms with E-state index < -0.39 is 15.6 Å². The van der Waals surface area contributed by atoms with Crippen LogP contribution in [0.15, 0.2) is 33.6 Å². The molecule has 1 aromatic rings. The number of urea groups is 1. The van der Waals surface area contributed by atoms with Crippen LogP contribution in [0.1, 0.15) is 63.4 Å². The minimum Gasteiger partial charge on any atom is -0.325 e. The Labute approximate surface area is 161 Å². The number of carbonyl (C=O) groups is 1.